The fourth-order valence-electron chi connectivity index (χ4n) is 4.33. The van der Waals surface area contributed by atoms with Crippen molar-refractivity contribution in [3.05, 3.63) is 47.4 Å². The van der Waals surface area contributed by atoms with Gasteiger partial charge in [0.15, 0.2) is 0 Å². The molecular weight excluding hydrogens is 362 g/mol. The van der Waals surface area contributed by atoms with Crippen molar-refractivity contribution in [2.24, 2.45) is 0 Å². The molecule has 1 aromatic carbocycles. The second-order valence-electron chi connectivity index (χ2n) is 8.16. The maximum atomic E-state index is 12.9. The number of anilines is 2. The van der Waals surface area contributed by atoms with Crippen LogP contribution < -0.4 is 9.80 Å². The first-order valence-electron chi connectivity index (χ1n) is 10.8. The van der Waals surface area contributed by atoms with Gasteiger partial charge in [-0.3, -0.25) is 4.79 Å². The summed E-state index contributed by atoms with van der Waals surface area (Å²) < 4.78 is 0. The Morgan fingerprint density at radius 3 is 2.28 bits per heavy atom. The standard InChI is InChI=1S/C23H31N5O/c1-18-8-7-9-21(19(18)2)26-12-14-27(15-13-26)22-16-20(24-17-25-22)23(29)28-10-5-3-4-6-11-28/h7-9,16-17H,3-6,10-15H2,1-2H3. The molecule has 154 valence electrons. The van der Waals surface area contributed by atoms with Crippen molar-refractivity contribution in [1.82, 2.24) is 14.9 Å². The van der Waals surface area contributed by atoms with Gasteiger partial charge in [0.2, 0.25) is 0 Å². The van der Waals surface area contributed by atoms with Crippen LogP contribution in [0.2, 0.25) is 0 Å². The summed E-state index contributed by atoms with van der Waals surface area (Å²) in [5, 5.41) is 0. The van der Waals surface area contributed by atoms with Crippen molar-refractivity contribution in [1.29, 1.82) is 0 Å². The van der Waals surface area contributed by atoms with E-state index in [4.69, 9.17) is 0 Å². The number of piperazine rings is 1. The molecule has 29 heavy (non-hydrogen) atoms. The second-order valence-corrected chi connectivity index (χ2v) is 8.16. The smallest absolute Gasteiger partial charge is 0.272 e. The van der Waals surface area contributed by atoms with Gasteiger partial charge in [-0.15, -0.1) is 0 Å². The van der Waals surface area contributed by atoms with E-state index in [1.165, 1.54) is 36.0 Å². The van der Waals surface area contributed by atoms with Crippen LogP contribution in [-0.4, -0.2) is 60.0 Å². The number of aromatic nitrogens is 2. The summed E-state index contributed by atoms with van der Waals surface area (Å²) >= 11 is 0. The Kier molecular flexibility index (Phi) is 5.97. The van der Waals surface area contributed by atoms with E-state index in [0.717, 1.165) is 57.9 Å². The molecule has 2 aliphatic rings. The van der Waals surface area contributed by atoms with E-state index in [9.17, 15) is 4.79 Å². The molecule has 0 aliphatic carbocycles. The first kappa shape index (κ1) is 19.7. The molecule has 0 N–H and O–H groups in total. The van der Waals surface area contributed by atoms with Gasteiger partial charge in [0, 0.05) is 51.0 Å². The number of nitrogens with zero attached hydrogens (tertiary/aromatic N) is 5. The lowest BCUT2D eigenvalue weighted by atomic mass is 10.1. The summed E-state index contributed by atoms with van der Waals surface area (Å²) in [4.78, 5) is 28.3. The lowest BCUT2D eigenvalue weighted by molar-refractivity contribution is 0.0755. The molecule has 0 spiro atoms. The normalized spacial score (nSPS) is 17.9. The molecule has 2 aliphatic heterocycles. The van der Waals surface area contributed by atoms with Crippen LogP contribution in [-0.2, 0) is 0 Å². The van der Waals surface area contributed by atoms with Crippen LogP contribution in [0.3, 0.4) is 0 Å². The zero-order chi connectivity index (χ0) is 20.2. The largest absolute Gasteiger partial charge is 0.368 e. The lowest BCUT2D eigenvalue weighted by Gasteiger charge is -2.37. The highest BCUT2D eigenvalue weighted by atomic mass is 16.2. The zero-order valence-corrected chi connectivity index (χ0v) is 17.6. The molecule has 0 bridgehead atoms. The molecule has 3 heterocycles. The lowest BCUT2D eigenvalue weighted by Crippen LogP contribution is -2.47. The Hall–Kier alpha value is -2.63. The van der Waals surface area contributed by atoms with Gasteiger partial charge in [0.05, 0.1) is 0 Å². The summed E-state index contributed by atoms with van der Waals surface area (Å²) in [6, 6.07) is 8.38. The number of amides is 1. The Morgan fingerprint density at radius 2 is 1.55 bits per heavy atom. The van der Waals surface area contributed by atoms with E-state index < -0.39 is 0 Å². The zero-order valence-electron chi connectivity index (χ0n) is 17.6. The van der Waals surface area contributed by atoms with Gasteiger partial charge < -0.3 is 14.7 Å². The Bertz CT molecular complexity index is 852. The fourth-order valence-corrected chi connectivity index (χ4v) is 4.33. The molecule has 2 aromatic rings. The topological polar surface area (TPSA) is 52.6 Å². The van der Waals surface area contributed by atoms with Gasteiger partial charge >= 0.3 is 0 Å². The molecule has 1 amide bonds. The van der Waals surface area contributed by atoms with E-state index in [1.54, 1.807) is 0 Å². The highest BCUT2D eigenvalue weighted by Gasteiger charge is 2.23. The van der Waals surface area contributed by atoms with Gasteiger partial charge in [0.1, 0.15) is 17.8 Å². The molecule has 0 atom stereocenters. The van der Waals surface area contributed by atoms with Gasteiger partial charge in [0.25, 0.3) is 5.91 Å². The minimum atomic E-state index is 0.0459. The monoisotopic (exact) mass is 393 g/mol. The van der Waals surface area contributed by atoms with Crippen LogP contribution in [0.25, 0.3) is 0 Å². The number of carbonyl (C=O) groups is 1. The number of likely N-dealkylation sites (tertiary alicyclic amines) is 1. The van der Waals surface area contributed by atoms with Gasteiger partial charge in [-0.25, -0.2) is 9.97 Å². The number of carbonyl (C=O) groups excluding carboxylic acids is 1. The van der Waals surface area contributed by atoms with Crippen molar-refractivity contribution in [2.75, 3.05) is 49.1 Å². The molecule has 0 unspecified atom stereocenters. The molecule has 4 rings (SSSR count). The van der Waals surface area contributed by atoms with Crippen molar-refractivity contribution in [3.8, 4) is 0 Å². The van der Waals surface area contributed by atoms with Crippen LogP contribution >= 0.6 is 0 Å². The van der Waals surface area contributed by atoms with Crippen LogP contribution in [0.15, 0.2) is 30.6 Å². The quantitative estimate of drug-likeness (QED) is 0.800. The molecule has 2 saturated heterocycles. The average Bonchev–Trinajstić information content (AvgIpc) is 3.05. The minimum absolute atomic E-state index is 0.0459. The van der Waals surface area contributed by atoms with Crippen molar-refractivity contribution >= 4 is 17.4 Å². The van der Waals surface area contributed by atoms with Crippen LogP contribution in [0.4, 0.5) is 11.5 Å². The maximum absolute atomic E-state index is 12.9. The van der Waals surface area contributed by atoms with Crippen molar-refractivity contribution in [3.63, 3.8) is 0 Å². The summed E-state index contributed by atoms with van der Waals surface area (Å²) in [5.74, 6) is 0.906. The molecular formula is C23H31N5O. The van der Waals surface area contributed by atoms with Crippen LogP contribution in [0, 0.1) is 13.8 Å². The third-order valence-corrected chi connectivity index (χ3v) is 6.29. The van der Waals surface area contributed by atoms with E-state index in [1.807, 2.05) is 11.0 Å². The van der Waals surface area contributed by atoms with Gasteiger partial charge in [-0.05, 0) is 43.9 Å². The van der Waals surface area contributed by atoms with Crippen LogP contribution in [0.5, 0.6) is 0 Å². The molecule has 2 fully saturated rings. The Balaban J connectivity index is 1.43. The predicted octanol–water partition coefficient (Wildman–Crippen LogP) is 3.44. The molecule has 0 saturated carbocycles. The maximum Gasteiger partial charge on any atom is 0.272 e. The number of rotatable bonds is 3. The van der Waals surface area contributed by atoms with E-state index in [2.05, 4.69) is 51.8 Å². The number of aryl methyl sites for hydroxylation is 1. The SMILES string of the molecule is Cc1cccc(N2CCN(c3cc(C(=O)N4CCCCCC4)ncn3)CC2)c1C. The highest BCUT2D eigenvalue weighted by molar-refractivity contribution is 5.93. The second kappa shape index (κ2) is 8.80. The van der Waals surface area contributed by atoms with E-state index in [-0.39, 0.29) is 5.91 Å². The Morgan fingerprint density at radius 1 is 0.862 bits per heavy atom. The first-order valence-corrected chi connectivity index (χ1v) is 10.8. The summed E-state index contributed by atoms with van der Waals surface area (Å²) in [5.41, 5.74) is 4.53. The molecule has 0 radical (unpaired) electrons. The third kappa shape index (κ3) is 4.36. The molecule has 1 aromatic heterocycles. The third-order valence-electron chi connectivity index (χ3n) is 6.29. The van der Waals surface area contributed by atoms with E-state index in [0.29, 0.717) is 5.69 Å². The number of benzene rings is 1. The minimum Gasteiger partial charge on any atom is -0.368 e. The Labute approximate surface area is 173 Å². The summed E-state index contributed by atoms with van der Waals surface area (Å²) in [6.07, 6.45) is 6.14. The van der Waals surface area contributed by atoms with Gasteiger partial charge in [-0.1, -0.05) is 25.0 Å². The van der Waals surface area contributed by atoms with Crippen molar-refractivity contribution in [2.45, 2.75) is 39.5 Å². The highest BCUT2D eigenvalue weighted by Crippen LogP contribution is 2.25. The van der Waals surface area contributed by atoms with Crippen molar-refractivity contribution < 1.29 is 4.79 Å². The molecule has 6 nitrogen and oxygen atoms in total. The predicted molar refractivity (Wildman–Crippen MR) is 117 cm³/mol. The van der Waals surface area contributed by atoms with E-state index >= 15 is 0 Å². The van der Waals surface area contributed by atoms with Crippen LogP contribution in [0.1, 0.15) is 47.3 Å². The summed E-state index contributed by atoms with van der Waals surface area (Å²) in [7, 11) is 0. The average molecular weight is 394 g/mol. The number of hydrogen-bond acceptors (Lipinski definition) is 5. The summed E-state index contributed by atoms with van der Waals surface area (Å²) in [6.45, 7) is 9.72. The first-order chi connectivity index (χ1) is 14.1. The number of hydrogen-bond donors (Lipinski definition) is 0. The molecule has 6 heteroatoms. The fraction of sp³-hybridized carbons (Fsp3) is 0.522. The van der Waals surface area contributed by atoms with Gasteiger partial charge in [-0.2, -0.15) is 0 Å².